The molecular formula is C15H13ClF3N. The molecule has 0 aliphatic heterocycles. The van der Waals surface area contributed by atoms with Crippen LogP contribution in [0.25, 0.3) is 0 Å². The van der Waals surface area contributed by atoms with Crippen molar-refractivity contribution in [3.05, 3.63) is 69.5 Å². The van der Waals surface area contributed by atoms with Crippen molar-refractivity contribution >= 4 is 11.6 Å². The average molecular weight is 300 g/mol. The number of hydrogen-bond acceptors (Lipinski definition) is 1. The first-order valence-electron chi connectivity index (χ1n) is 6.02. The molecule has 0 saturated heterocycles. The highest BCUT2D eigenvalue weighted by Crippen LogP contribution is 2.29. The van der Waals surface area contributed by atoms with Crippen LogP contribution >= 0.6 is 11.6 Å². The Labute approximate surface area is 120 Å². The summed E-state index contributed by atoms with van der Waals surface area (Å²) in [6, 6.07) is 6.77. The normalized spacial score (nSPS) is 12.5. The van der Waals surface area contributed by atoms with Crippen molar-refractivity contribution in [3.8, 4) is 0 Å². The summed E-state index contributed by atoms with van der Waals surface area (Å²) >= 11 is 6.04. The minimum Gasteiger partial charge on any atom is -0.309 e. The molecule has 0 heterocycles. The van der Waals surface area contributed by atoms with Crippen molar-refractivity contribution in [3.63, 3.8) is 0 Å². The van der Waals surface area contributed by atoms with E-state index in [2.05, 4.69) is 5.32 Å². The van der Waals surface area contributed by atoms with Crippen LogP contribution in [0.3, 0.4) is 0 Å². The van der Waals surface area contributed by atoms with Crippen molar-refractivity contribution in [2.45, 2.75) is 13.0 Å². The standard InChI is InChI=1S/C15H13ClF3N/c1-8-3-4-9(7-11(8)16)15(20-2)10-5-6-12(17)14(19)13(10)18/h3-7,15,20H,1-2H3. The smallest absolute Gasteiger partial charge is 0.194 e. The summed E-state index contributed by atoms with van der Waals surface area (Å²) in [6.07, 6.45) is 0. The highest BCUT2D eigenvalue weighted by Gasteiger charge is 2.21. The van der Waals surface area contributed by atoms with Crippen LogP contribution < -0.4 is 5.32 Å². The van der Waals surface area contributed by atoms with Gasteiger partial charge in [0.05, 0.1) is 6.04 Å². The van der Waals surface area contributed by atoms with E-state index in [9.17, 15) is 13.2 Å². The van der Waals surface area contributed by atoms with E-state index in [1.54, 1.807) is 25.2 Å². The summed E-state index contributed by atoms with van der Waals surface area (Å²) < 4.78 is 40.2. The predicted molar refractivity (Wildman–Crippen MR) is 73.4 cm³/mol. The molecule has 0 bridgehead atoms. The van der Waals surface area contributed by atoms with Gasteiger partial charge in [0.25, 0.3) is 0 Å². The number of benzene rings is 2. The maximum atomic E-state index is 13.9. The third kappa shape index (κ3) is 2.67. The largest absolute Gasteiger partial charge is 0.309 e. The molecule has 0 saturated carbocycles. The molecule has 0 aliphatic rings. The molecule has 1 unspecified atom stereocenters. The van der Waals surface area contributed by atoms with Gasteiger partial charge < -0.3 is 5.32 Å². The third-order valence-electron chi connectivity index (χ3n) is 3.19. The fourth-order valence-electron chi connectivity index (χ4n) is 2.05. The molecular weight excluding hydrogens is 287 g/mol. The van der Waals surface area contributed by atoms with Crippen LogP contribution in [0.1, 0.15) is 22.7 Å². The highest BCUT2D eigenvalue weighted by atomic mass is 35.5. The Bertz CT molecular complexity index is 643. The van der Waals surface area contributed by atoms with E-state index >= 15 is 0 Å². The van der Waals surface area contributed by atoms with Crippen LogP contribution in [0.15, 0.2) is 30.3 Å². The first-order valence-corrected chi connectivity index (χ1v) is 6.40. The summed E-state index contributed by atoms with van der Waals surface area (Å²) in [7, 11) is 1.61. The molecule has 1 nitrogen and oxygen atoms in total. The monoisotopic (exact) mass is 299 g/mol. The highest BCUT2D eigenvalue weighted by molar-refractivity contribution is 6.31. The van der Waals surface area contributed by atoms with Crippen molar-refractivity contribution < 1.29 is 13.2 Å². The first-order chi connectivity index (χ1) is 9.45. The predicted octanol–water partition coefficient (Wildman–Crippen LogP) is 4.37. The van der Waals surface area contributed by atoms with Gasteiger partial charge >= 0.3 is 0 Å². The number of nitrogens with one attached hydrogen (secondary N) is 1. The van der Waals surface area contributed by atoms with E-state index in [1.165, 1.54) is 6.07 Å². The van der Waals surface area contributed by atoms with E-state index < -0.39 is 23.5 Å². The van der Waals surface area contributed by atoms with E-state index in [4.69, 9.17) is 11.6 Å². The molecule has 20 heavy (non-hydrogen) atoms. The van der Waals surface area contributed by atoms with E-state index in [-0.39, 0.29) is 5.56 Å². The molecule has 1 atom stereocenters. The fraction of sp³-hybridized carbons (Fsp3) is 0.200. The second kappa shape index (κ2) is 5.85. The van der Waals surface area contributed by atoms with Gasteiger partial charge in [0.15, 0.2) is 17.5 Å². The number of hydrogen-bond donors (Lipinski definition) is 1. The quantitative estimate of drug-likeness (QED) is 0.830. The maximum absolute atomic E-state index is 13.9. The zero-order valence-electron chi connectivity index (χ0n) is 11.0. The molecule has 0 aliphatic carbocycles. The number of halogens is 4. The van der Waals surface area contributed by atoms with Crippen LogP contribution in [0.2, 0.25) is 5.02 Å². The number of rotatable bonds is 3. The second-order valence-electron chi connectivity index (χ2n) is 4.49. The Morgan fingerprint density at radius 2 is 1.75 bits per heavy atom. The average Bonchev–Trinajstić information content (AvgIpc) is 2.43. The molecule has 0 aromatic heterocycles. The van der Waals surface area contributed by atoms with Crippen molar-refractivity contribution in [2.24, 2.45) is 0 Å². The molecule has 0 fully saturated rings. The van der Waals surface area contributed by atoms with Gasteiger partial charge in [0, 0.05) is 10.6 Å². The molecule has 5 heteroatoms. The van der Waals surface area contributed by atoms with Gasteiger partial charge in [-0.1, -0.05) is 29.8 Å². The first kappa shape index (κ1) is 14.9. The van der Waals surface area contributed by atoms with Crippen LogP contribution in [-0.4, -0.2) is 7.05 Å². The Hall–Kier alpha value is -1.52. The zero-order valence-corrected chi connectivity index (χ0v) is 11.7. The molecule has 2 aromatic carbocycles. The minimum absolute atomic E-state index is 0.0336. The zero-order chi connectivity index (χ0) is 14.9. The maximum Gasteiger partial charge on any atom is 0.194 e. The summed E-state index contributed by atoms with van der Waals surface area (Å²) in [4.78, 5) is 0. The summed E-state index contributed by atoms with van der Waals surface area (Å²) in [5.74, 6) is -3.87. The lowest BCUT2D eigenvalue weighted by molar-refractivity contribution is 0.435. The number of aryl methyl sites for hydroxylation is 1. The van der Waals surface area contributed by atoms with Gasteiger partial charge in [0.2, 0.25) is 0 Å². The minimum atomic E-state index is -1.47. The Balaban J connectivity index is 2.52. The van der Waals surface area contributed by atoms with Crippen LogP contribution in [0.4, 0.5) is 13.2 Å². The molecule has 2 rings (SSSR count). The summed E-state index contributed by atoms with van der Waals surface area (Å²) in [5, 5.41) is 3.41. The Morgan fingerprint density at radius 3 is 2.35 bits per heavy atom. The van der Waals surface area contributed by atoms with Gasteiger partial charge in [-0.05, 0) is 37.2 Å². The summed E-state index contributed by atoms with van der Waals surface area (Å²) in [5.41, 5.74) is 1.59. The molecule has 0 amide bonds. The van der Waals surface area contributed by atoms with Crippen LogP contribution in [-0.2, 0) is 0 Å². The Kier molecular flexibility index (Phi) is 4.35. The van der Waals surface area contributed by atoms with Crippen molar-refractivity contribution in [2.75, 3.05) is 7.05 Å². The summed E-state index contributed by atoms with van der Waals surface area (Å²) in [6.45, 7) is 1.85. The molecule has 1 N–H and O–H groups in total. The van der Waals surface area contributed by atoms with Crippen molar-refractivity contribution in [1.82, 2.24) is 5.32 Å². The lowest BCUT2D eigenvalue weighted by Crippen LogP contribution is -2.20. The molecule has 0 radical (unpaired) electrons. The second-order valence-corrected chi connectivity index (χ2v) is 4.90. The Morgan fingerprint density at radius 1 is 1.05 bits per heavy atom. The SMILES string of the molecule is CNC(c1ccc(C)c(Cl)c1)c1ccc(F)c(F)c1F. The fourth-order valence-corrected chi connectivity index (χ4v) is 2.24. The molecule has 2 aromatic rings. The van der Waals surface area contributed by atoms with Gasteiger partial charge in [0.1, 0.15) is 0 Å². The van der Waals surface area contributed by atoms with Crippen LogP contribution in [0, 0.1) is 24.4 Å². The third-order valence-corrected chi connectivity index (χ3v) is 3.60. The van der Waals surface area contributed by atoms with Crippen LogP contribution in [0.5, 0.6) is 0 Å². The van der Waals surface area contributed by atoms with E-state index in [1.807, 2.05) is 6.92 Å². The van der Waals surface area contributed by atoms with Gasteiger partial charge in [-0.15, -0.1) is 0 Å². The molecule has 106 valence electrons. The van der Waals surface area contributed by atoms with Gasteiger partial charge in [-0.25, -0.2) is 13.2 Å². The topological polar surface area (TPSA) is 12.0 Å². The molecule has 0 spiro atoms. The lowest BCUT2D eigenvalue weighted by atomic mass is 9.97. The van der Waals surface area contributed by atoms with E-state index in [0.717, 1.165) is 11.6 Å². The lowest BCUT2D eigenvalue weighted by Gasteiger charge is -2.19. The van der Waals surface area contributed by atoms with E-state index in [0.29, 0.717) is 10.6 Å². The van der Waals surface area contributed by atoms with Crippen molar-refractivity contribution in [1.29, 1.82) is 0 Å². The van der Waals surface area contributed by atoms with Gasteiger partial charge in [-0.3, -0.25) is 0 Å². The van der Waals surface area contributed by atoms with Gasteiger partial charge in [-0.2, -0.15) is 0 Å².